The lowest BCUT2D eigenvalue weighted by molar-refractivity contribution is -0.137. The van der Waals surface area contributed by atoms with Gasteiger partial charge < -0.3 is 4.42 Å². The normalized spacial score (nSPS) is 13.0. The van der Waals surface area contributed by atoms with E-state index in [1.165, 1.54) is 22.9 Å². The Bertz CT molecular complexity index is 877. The van der Waals surface area contributed by atoms with Gasteiger partial charge in [0.05, 0.1) is 17.8 Å². The van der Waals surface area contributed by atoms with Crippen LogP contribution in [0.25, 0.3) is 11.3 Å². The molecule has 2 aromatic carbocycles. The number of oxazole rings is 1. The molecule has 0 N–H and O–H groups in total. The van der Waals surface area contributed by atoms with Gasteiger partial charge in [-0.05, 0) is 24.6 Å². The van der Waals surface area contributed by atoms with Crippen LogP contribution in [0.5, 0.6) is 0 Å². The number of benzene rings is 2. The molecule has 0 radical (unpaired) electrons. The molecular weight excluding hydrogens is 319 g/mol. The van der Waals surface area contributed by atoms with Gasteiger partial charge in [0.15, 0.2) is 5.76 Å². The summed E-state index contributed by atoms with van der Waals surface area (Å²) in [4.78, 5) is 12.1. The highest BCUT2D eigenvalue weighted by atomic mass is 19.4. The molecule has 6 heteroatoms. The quantitative estimate of drug-likeness (QED) is 0.694. The average Bonchev–Trinajstić information content (AvgIpc) is 2.96. The van der Waals surface area contributed by atoms with E-state index in [1.807, 2.05) is 37.3 Å². The predicted octanol–water partition coefficient (Wildman–Crippen LogP) is 4.74. The van der Waals surface area contributed by atoms with E-state index in [0.29, 0.717) is 5.56 Å². The Kier molecular flexibility index (Phi) is 4.05. The predicted molar refractivity (Wildman–Crippen MR) is 83.7 cm³/mol. The fraction of sp³-hybridized carbons (Fsp3) is 0.167. The van der Waals surface area contributed by atoms with Crippen molar-refractivity contribution in [2.45, 2.75) is 19.1 Å². The zero-order chi connectivity index (χ0) is 17.3. The van der Waals surface area contributed by atoms with E-state index in [-0.39, 0.29) is 11.8 Å². The van der Waals surface area contributed by atoms with Crippen molar-refractivity contribution < 1.29 is 17.6 Å². The zero-order valence-corrected chi connectivity index (χ0v) is 12.7. The molecule has 0 aliphatic carbocycles. The summed E-state index contributed by atoms with van der Waals surface area (Å²) in [6.45, 7) is 1.85. The molecule has 0 bridgehead atoms. The van der Waals surface area contributed by atoms with E-state index in [9.17, 15) is 18.0 Å². The topological polar surface area (TPSA) is 35.1 Å². The van der Waals surface area contributed by atoms with Gasteiger partial charge in [-0.3, -0.25) is 4.57 Å². The summed E-state index contributed by atoms with van der Waals surface area (Å²) in [5.41, 5.74) is 0.601. The second-order valence-corrected chi connectivity index (χ2v) is 5.43. The molecule has 0 amide bonds. The Morgan fingerprint density at radius 2 is 1.62 bits per heavy atom. The molecule has 3 aromatic rings. The minimum atomic E-state index is -4.40. The highest BCUT2D eigenvalue weighted by molar-refractivity contribution is 5.56. The zero-order valence-electron chi connectivity index (χ0n) is 12.7. The SMILES string of the molecule is CC(c1ccccc1)n1cc(-c2ccc(C(F)(F)F)cc2)oc1=O. The fourth-order valence-corrected chi connectivity index (χ4v) is 2.47. The van der Waals surface area contributed by atoms with Crippen LogP contribution >= 0.6 is 0 Å². The van der Waals surface area contributed by atoms with E-state index in [1.54, 1.807) is 0 Å². The van der Waals surface area contributed by atoms with E-state index >= 15 is 0 Å². The highest BCUT2D eigenvalue weighted by Crippen LogP contribution is 2.31. The van der Waals surface area contributed by atoms with Crippen LogP contribution in [-0.4, -0.2) is 4.57 Å². The van der Waals surface area contributed by atoms with Crippen molar-refractivity contribution in [3.8, 4) is 11.3 Å². The molecule has 24 heavy (non-hydrogen) atoms. The number of nitrogens with zero attached hydrogens (tertiary/aromatic N) is 1. The molecule has 3 nitrogen and oxygen atoms in total. The minimum Gasteiger partial charge on any atom is -0.408 e. The van der Waals surface area contributed by atoms with Crippen molar-refractivity contribution in [3.05, 3.63) is 82.5 Å². The number of halogens is 3. The maximum absolute atomic E-state index is 12.6. The van der Waals surface area contributed by atoms with Crippen LogP contribution in [0.1, 0.15) is 24.1 Å². The number of rotatable bonds is 3. The maximum Gasteiger partial charge on any atom is 0.420 e. The van der Waals surface area contributed by atoms with Gasteiger partial charge in [-0.15, -0.1) is 0 Å². The molecule has 1 unspecified atom stereocenters. The Morgan fingerprint density at radius 1 is 1.00 bits per heavy atom. The molecule has 0 spiro atoms. The summed E-state index contributed by atoms with van der Waals surface area (Å²) < 4.78 is 44.4. The largest absolute Gasteiger partial charge is 0.420 e. The average molecular weight is 333 g/mol. The molecule has 1 atom stereocenters. The van der Waals surface area contributed by atoms with Crippen LogP contribution in [0.15, 0.2) is 70.0 Å². The van der Waals surface area contributed by atoms with Crippen LogP contribution in [0, 0.1) is 0 Å². The molecule has 0 saturated carbocycles. The lowest BCUT2D eigenvalue weighted by atomic mass is 10.1. The first kappa shape index (κ1) is 16.1. The van der Waals surface area contributed by atoms with E-state index in [2.05, 4.69) is 0 Å². The van der Waals surface area contributed by atoms with Crippen molar-refractivity contribution in [2.24, 2.45) is 0 Å². The van der Waals surface area contributed by atoms with Gasteiger partial charge in [-0.25, -0.2) is 4.79 Å². The van der Waals surface area contributed by atoms with Crippen LogP contribution in [0.3, 0.4) is 0 Å². The number of aromatic nitrogens is 1. The Morgan fingerprint density at radius 3 is 2.21 bits per heavy atom. The molecule has 1 aromatic heterocycles. The maximum atomic E-state index is 12.6. The van der Waals surface area contributed by atoms with Gasteiger partial charge >= 0.3 is 11.9 Å². The van der Waals surface area contributed by atoms with Gasteiger partial charge in [-0.1, -0.05) is 42.5 Å². The second-order valence-electron chi connectivity index (χ2n) is 5.43. The van der Waals surface area contributed by atoms with E-state index in [4.69, 9.17) is 4.42 Å². The van der Waals surface area contributed by atoms with Crippen molar-refractivity contribution >= 4 is 0 Å². The Balaban J connectivity index is 1.93. The Labute approximate surface area is 136 Å². The van der Waals surface area contributed by atoms with Gasteiger partial charge in [0, 0.05) is 5.56 Å². The third-order valence-corrected chi connectivity index (χ3v) is 3.86. The summed E-state index contributed by atoms with van der Waals surface area (Å²) in [7, 11) is 0. The highest BCUT2D eigenvalue weighted by Gasteiger charge is 2.30. The molecule has 0 aliphatic rings. The standard InChI is InChI=1S/C18H14F3NO2/c1-12(13-5-3-2-4-6-13)22-11-16(24-17(22)23)14-7-9-15(10-8-14)18(19,20)21/h2-12H,1H3. The molecular formula is C18H14F3NO2. The van der Waals surface area contributed by atoms with Gasteiger partial charge in [0.2, 0.25) is 0 Å². The smallest absolute Gasteiger partial charge is 0.408 e. The molecule has 124 valence electrons. The second kappa shape index (κ2) is 6.03. The molecule has 0 saturated heterocycles. The summed E-state index contributed by atoms with van der Waals surface area (Å²) in [6, 6.07) is 13.7. The molecule has 1 heterocycles. The first-order chi connectivity index (χ1) is 11.4. The van der Waals surface area contributed by atoms with Crippen LogP contribution < -0.4 is 5.76 Å². The van der Waals surface area contributed by atoms with Crippen LogP contribution in [0.4, 0.5) is 13.2 Å². The summed E-state index contributed by atoms with van der Waals surface area (Å²) in [6.07, 6.45) is -2.88. The van der Waals surface area contributed by atoms with Gasteiger partial charge in [0.25, 0.3) is 0 Å². The van der Waals surface area contributed by atoms with Crippen LogP contribution in [-0.2, 0) is 6.18 Å². The lowest BCUT2D eigenvalue weighted by Crippen LogP contribution is -2.18. The first-order valence-corrected chi connectivity index (χ1v) is 7.31. The third-order valence-electron chi connectivity index (χ3n) is 3.86. The monoisotopic (exact) mass is 333 g/mol. The minimum absolute atomic E-state index is 0.233. The summed E-state index contributed by atoms with van der Waals surface area (Å²) >= 11 is 0. The van der Waals surface area contributed by atoms with Crippen LogP contribution in [0.2, 0.25) is 0 Å². The van der Waals surface area contributed by atoms with Gasteiger partial charge in [0.1, 0.15) is 0 Å². The summed E-state index contributed by atoms with van der Waals surface area (Å²) in [5.74, 6) is -0.322. The molecule has 3 rings (SSSR count). The third kappa shape index (κ3) is 3.13. The van der Waals surface area contributed by atoms with Gasteiger partial charge in [-0.2, -0.15) is 13.2 Å². The number of alkyl halides is 3. The molecule has 0 aliphatic heterocycles. The fourth-order valence-electron chi connectivity index (χ4n) is 2.47. The lowest BCUT2D eigenvalue weighted by Gasteiger charge is -2.11. The molecule has 0 fully saturated rings. The van der Waals surface area contributed by atoms with Crippen molar-refractivity contribution in [2.75, 3.05) is 0 Å². The summed E-state index contributed by atoms with van der Waals surface area (Å²) in [5, 5.41) is 0. The van der Waals surface area contributed by atoms with Crippen molar-refractivity contribution in [3.63, 3.8) is 0 Å². The van der Waals surface area contributed by atoms with E-state index < -0.39 is 17.5 Å². The van der Waals surface area contributed by atoms with Crippen molar-refractivity contribution in [1.82, 2.24) is 4.57 Å². The first-order valence-electron chi connectivity index (χ1n) is 7.31. The van der Waals surface area contributed by atoms with Crippen molar-refractivity contribution in [1.29, 1.82) is 0 Å². The number of hydrogen-bond donors (Lipinski definition) is 0. The van der Waals surface area contributed by atoms with E-state index in [0.717, 1.165) is 17.7 Å². The Hall–Kier alpha value is -2.76. The number of hydrogen-bond acceptors (Lipinski definition) is 2.